The quantitative estimate of drug-likeness (QED) is 0.869. The molecule has 3 nitrogen and oxygen atoms in total. The summed E-state index contributed by atoms with van der Waals surface area (Å²) in [5.74, 6) is 1.17. The van der Waals surface area contributed by atoms with E-state index in [1.807, 2.05) is 12.1 Å². The zero-order valence-electron chi connectivity index (χ0n) is 10.3. The fourth-order valence-corrected chi connectivity index (χ4v) is 3.71. The highest BCUT2D eigenvalue weighted by atomic mass is 16.5. The summed E-state index contributed by atoms with van der Waals surface area (Å²) in [4.78, 5) is 0. The summed E-state index contributed by atoms with van der Waals surface area (Å²) in [6.45, 7) is 0.742. The van der Waals surface area contributed by atoms with E-state index in [0.717, 1.165) is 43.6 Å². The van der Waals surface area contributed by atoms with E-state index < -0.39 is 6.10 Å². The number of benzene rings is 1. The molecule has 0 saturated carbocycles. The Hall–Kier alpha value is -1.06. The lowest BCUT2D eigenvalue weighted by atomic mass is 9.82. The van der Waals surface area contributed by atoms with Crippen molar-refractivity contribution in [3.05, 3.63) is 29.3 Å². The van der Waals surface area contributed by atoms with Gasteiger partial charge in [-0.1, -0.05) is 18.2 Å². The van der Waals surface area contributed by atoms with Gasteiger partial charge in [0.15, 0.2) is 0 Å². The van der Waals surface area contributed by atoms with Crippen molar-refractivity contribution in [3.63, 3.8) is 0 Å². The van der Waals surface area contributed by atoms with Crippen LogP contribution in [0.3, 0.4) is 0 Å². The largest absolute Gasteiger partial charge is 0.493 e. The highest BCUT2D eigenvalue weighted by molar-refractivity contribution is 5.45. The lowest BCUT2D eigenvalue weighted by molar-refractivity contribution is 0.0411. The molecule has 3 aliphatic rings. The topological polar surface area (TPSA) is 38.7 Å². The Balaban J connectivity index is 1.65. The van der Waals surface area contributed by atoms with Crippen LogP contribution in [0.2, 0.25) is 0 Å². The van der Waals surface area contributed by atoms with Gasteiger partial charge in [0.1, 0.15) is 5.75 Å². The van der Waals surface area contributed by atoms with E-state index in [1.54, 1.807) is 0 Å². The van der Waals surface area contributed by atoms with Crippen LogP contribution >= 0.6 is 0 Å². The smallest absolute Gasteiger partial charge is 0.128 e. The van der Waals surface area contributed by atoms with Crippen molar-refractivity contribution >= 4 is 0 Å². The predicted molar refractivity (Wildman–Crippen MR) is 66.6 cm³/mol. The van der Waals surface area contributed by atoms with Gasteiger partial charge in [0.2, 0.25) is 0 Å². The van der Waals surface area contributed by atoms with Gasteiger partial charge in [-0.15, -0.1) is 0 Å². The average Bonchev–Trinajstić information content (AvgIpc) is 3.12. The standard InChI is InChI=1S/C15H18O3/c16-14(12-8-10-4-5-13(12)18-10)11-3-1-2-9-6-7-17-15(9)11/h1-3,10,12-14,16H,4-8H2. The number of aliphatic hydroxyl groups is 1. The van der Waals surface area contributed by atoms with Crippen molar-refractivity contribution in [2.45, 2.75) is 44.0 Å². The maximum absolute atomic E-state index is 10.6. The molecule has 4 rings (SSSR count). The lowest BCUT2D eigenvalue weighted by Crippen LogP contribution is -2.23. The molecule has 3 heteroatoms. The first-order valence-corrected chi connectivity index (χ1v) is 6.91. The fourth-order valence-electron chi connectivity index (χ4n) is 3.71. The number of aliphatic hydroxyl groups excluding tert-OH is 1. The van der Waals surface area contributed by atoms with Crippen molar-refractivity contribution in [3.8, 4) is 5.75 Å². The molecular weight excluding hydrogens is 228 g/mol. The number of ether oxygens (including phenoxy) is 2. The van der Waals surface area contributed by atoms with Crippen LogP contribution < -0.4 is 4.74 Å². The molecule has 0 amide bonds. The molecule has 2 fully saturated rings. The third-order valence-electron chi connectivity index (χ3n) is 4.62. The Morgan fingerprint density at radius 3 is 3.00 bits per heavy atom. The number of rotatable bonds is 2. The van der Waals surface area contributed by atoms with Crippen molar-refractivity contribution in [1.29, 1.82) is 0 Å². The molecule has 2 bridgehead atoms. The highest BCUT2D eigenvalue weighted by Crippen LogP contribution is 2.47. The summed E-state index contributed by atoms with van der Waals surface area (Å²) >= 11 is 0. The second-order valence-electron chi connectivity index (χ2n) is 5.65. The Morgan fingerprint density at radius 1 is 1.28 bits per heavy atom. The summed E-state index contributed by atoms with van der Waals surface area (Å²) in [7, 11) is 0. The molecule has 4 atom stereocenters. The minimum absolute atomic E-state index is 0.249. The SMILES string of the molecule is OC(c1cccc2c1OCC2)C1CC2CCC1O2. The molecule has 18 heavy (non-hydrogen) atoms. The molecule has 3 aliphatic heterocycles. The Bertz CT molecular complexity index is 471. The maximum atomic E-state index is 10.6. The second kappa shape index (κ2) is 3.97. The molecular formula is C15H18O3. The Kier molecular flexibility index (Phi) is 2.39. The second-order valence-corrected chi connectivity index (χ2v) is 5.65. The molecule has 96 valence electrons. The summed E-state index contributed by atoms with van der Waals surface area (Å²) < 4.78 is 11.5. The van der Waals surface area contributed by atoms with Crippen LogP contribution in [0.5, 0.6) is 5.75 Å². The van der Waals surface area contributed by atoms with Crippen molar-refractivity contribution in [1.82, 2.24) is 0 Å². The van der Waals surface area contributed by atoms with E-state index in [1.165, 1.54) is 5.56 Å². The number of hydrogen-bond donors (Lipinski definition) is 1. The first kappa shape index (κ1) is 10.8. The van der Waals surface area contributed by atoms with Crippen LogP contribution in [0.1, 0.15) is 36.5 Å². The number of para-hydroxylation sites is 1. The van der Waals surface area contributed by atoms with Gasteiger partial charge >= 0.3 is 0 Å². The third kappa shape index (κ3) is 1.50. The molecule has 1 aromatic carbocycles. The summed E-state index contributed by atoms with van der Waals surface area (Å²) in [5, 5.41) is 10.6. The molecule has 0 spiro atoms. The summed E-state index contributed by atoms with van der Waals surface area (Å²) in [6, 6.07) is 6.12. The van der Waals surface area contributed by atoms with Crippen molar-refractivity contribution < 1.29 is 14.6 Å². The fraction of sp³-hybridized carbons (Fsp3) is 0.600. The van der Waals surface area contributed by atoms with E-state index in [2.05, 4.69) is 6.07 Å². The molecule has 1 aromatic rings. The van der Waals surface area contributed by atoms with E-state index in [4.69, 9.17) is 9.47 Å². The van der Waals surface area contributed by atoms with Crippen LogP contribution in [0, 0.1) is 5.92 Å². The predicted octanol–water partition coefficient (Wildman–Crippen LogP) is 2.22. The van der Waals surface area contributed by atoms with Gasteiger partial charge in [-0.3, -0.25) is 0 Å². The zero-order valence-corrected chi connectivity index (χ0v) is 10.3. The monoisotopic (exact) mass is 246 g/mol. The van der Waals surface area contributed by atoms with Crippen LogP contribution in [0.4, 0.5) is 0 Å². The molecule has 4 unspecified atom stereocenters. The van der Waals surface area contributed by atoms with Crippen molar-refractivity contribution in [2.24, 2.45) is 5.92 Å². The van der Waals surface area contributed by atoms with Crippen LogP contribution in [-0.2, 0) is 11.2 Å². The van der Waals surface area contributed by atoms with Crippen molar-refractivity contribution in [2.75, 3.05) is 6.61 Å². The number of hydrogen-bond acceptors (Lipinski definition) is 3. The molecule has 2 saturated heterocycles. The molecule has 0 aliphatic carbocycles. The maximum Gasteiger partial charge on any atom is 0.128 e. The van der Waals surface area contributed by atoms with E-state index in [-0.39, 0.29) is 12.0 Å². The highest BCUT2D eigenvalue weighted by Gasteiger charge is 2.45. The first-order valence-electron chi connectivity index (χ1n) is 6.91. The van der Waals surface area contributed by atoms with E-state index in [0.29, 0.717) is 6.10 Å². The van der Waals surface area contributed by atoms with E-state index >= 15 is 0 Å². The van der Waals surface area contributed by atoms with Gasteiger partial charge in [-0.25, -0.2) is 0 Å². The van der Waals surface area contributed by atoms with Gasteiger partial charge in [-0.05, 0) is 24.8 Å². The van der Waals surface area contributed by atoms with Gasteiger partial charge in [0.05, 0.1) is 24.9 Å². The third-order valence-corrected chi connectivity index (χ3v) is 4.62. The Labute approximate surface area is 107 Å². The Morgan fingerprint density at radius 2 is 2.22 bits per heavy atom. The minimum Gasteiger partial charge on any atom is -0.493 e. The van der Waals surface area contributed by atoms with Gasteiger partial charge in [-0.2, -0.15) is 0 Å². The van der Waals surface area contributed by atoms with Crippen LogP contribution in [0.25, 0.3) is 0 Å². The molecule has 1 N–H and O–H groups in total. The zero-order chi connectivity index (χ0) is 12.1. The van der Waals surface area contributed by atoms with Gasteiger partial charge < -0.3 is 14.6 Å². The van der Waals surface area contributed by atoms with Gasteiger partial charge in [0.25, 0.3) is 0 Å². The number of fused-ring (bicyclic) bond motifs is 3. The lowest BCUT2D eigenvalue weighted by Gasteiger charge is -2.25. The summed E-state index contributed by atoms with van der Waals surface area (Å²) in [6.07, 6.45) is 4.42. The van der Waals surface area contributed by atoms with E-state index in [9.17, 15) is 5.11 Å². The van der Waals surface area contributed by atoms with Crippen LogP contribution in [0.15, 0.2) is 18.2 Å². The molecule has 3 heterocycles. The summed E-state index contributed by atoms with van der Waals surface area (Å²) in [5.41, 5.74) is 2.20. The average molecular weight is 246 g/mol. The first-order chi connectivity index (χ1) is 8.83. The molecule has 0 radical (unpaired) electrons. The minimum atomic E-state index is -0.437. The van der Waals surface area contributed by atoms with Crippen LogP contribution in [-0.4, -0.2) is 23.9 Å². The van der Waals surface area contributed by atoms with Gasteiger partial charge in [0, 0.05) is 17.9 Å². The molecule has 0 aromatic heterocycles. The normalized spacial score (nSPS) is 34.4.